The maximum absolute atomic E-state index is 12.5. The number of rotatable bonds is 7. The zero-order chi connectivity index (χ0) is 20.6. The summed E-state index contributed by atoms with van der Waals surface area (Å²) in [7, 11) is 0. The van der Waals surface area contributed by atoms with Crippen LogP contribution in [-0.4, -0.2) is 24.9 Å². The van der Waals surface area contributed by atoms with Gasteiger partial charge in [0.25, 0.3) is 5.91 Å². The minimum Gasteiger partial charge on any atom is -0.350 e. The smallest absolute Gasteiger partial charge is 0.255 e. The van der Waals surface area contributed by atoms with E-state index in [1.54, 1.807) is 12.1 Å². The Balaban J connectivity index is 1.55. The maximum Gasteiger partial charge on any atom is 0.255 e. The Morgan fingerprint density at radius 2 is 1.76 bits per heavy atom. The normalized spacial score (nSPS) is 16.6. The number of benzene rings is 2. The van der Waals surface area contributed by atoms with Gasteiger partial charge in [0.2, 0.25) is 5.91 Å². The van der Waals surface area contributed by atoms with Crippen molar-refractivity contribution in [2.45, 2.75) is 39.2 Å². The summed E-state index contributed by atoms with van der Waals surface area (Å²) in [6.07, 6.45) is 2.85. The summed E-state index contributed by atoms with van der Waals surface area (Å²) in [5.41, 5.74) is 2.31. The van der Waals surface area contributed by atoms with Crippen molar-refractivity contribution in [2.24, 2.45) is 11.8 Å². The molecule has 2 aromatic rings. The summed E-state index contributed by atoms with van der Waals surface area (Å²) < 4.78 is 0. The summed E-state index contributed by atoms with van der Waals surface area (Å²) in [4.78, 5) is 24.9. The molecule has 1 aliphatic heterocycles. The minimum absolute atomic E-state index is 0.0854. The molecule has 1 fully saturated rings. The molecule has 0 bridgehead atoms. The van der Waals surface area contributed by atoms with Crippen molar-refractivity contribution >= 4 is 17.5 Å². The van der Waals surface area contributed by atoms with Crippen LogP contribution in [0, 0.1) is 11.8 Å². The van der Waals surface area contributed by atoms with Gasteiger partial charge in [-0.1, -0.05) is 37.3 Å². The molecule has 0 radical (unpaired) electrons. The number of nitrogens with one attached hydrogen (secondary N) is 3. The molecule has 2 aromatic carbocycles. The number of amides is 2. The number of anilines is 1. The lowest BCUT2D eigenvalue weighted by Crippen LogP contribution is -2.34. The number of hydrogen-bond acceptors (Lipinski definition) is 3. The second kappa shape index (κ2) is 10.2. The first-order valence-corrected chi connectivity index (χ1v) is 10.5. The highest BCUT2D eigenvalue weighted by Gasteiger charge is 2.22. The fourth-order valence-corrected chi connectivity index (χ4v) is 3.93. The van der Waals surface area contributed by atoms with Crippen LogP contribution in [0.2, 0.25) is 0 Å². The number of piperidine rings is 1. The van der Waals surface area contributed by atoms with Crippen LogP contribution in [0.1, 0.15) is 55.1 Å². The Morgan fingerprint density at radius 1 is 1.03 bits per heavy atom. The van der Waals surface area contributed by atoms with E-state index in [4.69, 9.17) is 0 Å². The van der Waals surface area contributed by atoms with E-state index in [0.717, 1.165) is 37.2 Å². The van der Waals surface area contributed by atoms with Crippen molar-refractivity contribution in [2.75, 3.05) is 18.4 Å². The molecule has 0 saturated carbocycles. The Hall–Kier alpha value is -2.66. The van der Waals surface area contributed by atoms with Gasteiger partial charge in [0.05, 0.1) is 6.04 Å². The molecule has 29 heavy (non-hydrogen) atoms. The lowest BCUT2D eigenvalue weighted by molar-refractivity contribution is -0.123. The number of carbonyl (C=O) groups is 2. The van der Waals surface area contributed by atoms with E-state index in [1.807, 2.05) is 49.4 Å². The molecule has 2 atom stereocenters. The van der Waals surface area contributed by atoms with Crippen LogP contribution in [0.3, 0.4) is 0 Å². The van der Waals surface area contributed by atoms with Gasteiger partial charge in [-0.2, -0.15) is 0 Å². The highest BCUT2D eigenvalue weighted by atomic mass is 16.2. The molecule has 3 N–H and O–H groups in total. The molecule has 0 spiro atoms. The molecule has 5 nitrogen and oxygen atoms in total. The summed E-state index contributed by atoms with van der Waals surface area (Å²) >= 11 is 0. The van der Waals surface area contributed by atoms with E-state index in [1.165, 1.54) is 0 Å². The quantitative estimate of drug-likeness (QED) is 0.662. The van der Waals surface area contributed by atoms with Crippen LogP contribution in [-0.2, 0) is 4.79 Å². The van der Waals surface area contributed by atoms with Gasteiger partial charge in [0.1, 0.15) is 0 Å². The average molecular weight is 394 g/mol. The van der Waals surface area contributed by atoms with Gasteiger partial charge in [-0.05, 0) is 74.5 Å². The zero-order valence-electron chi connectivity index (χ0n) is 17.3. The topological polar surface area (TPSA) is 70.2 Å². The van der Waals surface area contributed by atoms with Crippen molar-refractivity contribution in [1.29, 1.82) is 0 Å². The number of hydrogen-bond donors (Lipinski definition) is 3. The fraction of sp³-hybridized carbons (Fsp3) is 0.417. The maximum atomic E-state index is 12.5. The fourth-order valence-electron chi connectivity index (χ4n) is 3.93. The van der Waals surface area contributed by atoms with Crippen LogP contribution in [0.25, 0.3) is 0 Å². The summed E-state index contributed by atoms with van der Waals surface area (Å²) in [6.45, 7) is 6.26. The first kappa shape index (κ1) is 21.1. The molecular formula is C24H31N3O2. The Bertz CT molecular complexity index is 816. The van der Waals surface area contributed by atoms with E-state index in [0.29, 0.717) is 23.8 Å². The van der Waals surface area contributed by atoms with Crippen LogP contribution in [0.5, 0.6) is 0 Å². The molecular weight excluding hydrogens is 362 g/mol. The average Bonchev–Trinajstić information content (AvgIpc) is 2.75. The van der Waals surface area contributed by atoms with Crippen molar-refractivity contribution in [3.63, 3.8) is 0 Å². The standard InChI is InChI=1S/C24H31N3O2/c1-17(19-11-13-25-14-12-19)15-23(28)26-18(2)21-9-6-10-22(16-21)27-24(29)20-7-4-3-5-8-20/h3-10,16-19,25H,11-15H2,1-2H3,(H,26,28)(H,27,29). The summed E-state index contributed by atoms with van der Waals surface area (Å²) in [5, 5.41) is 9.41. The third-order valence-corrected chi connectivity index (χ3v) is 5.75. The van der Waals surface area contributed by atoms with Crippen LogP contribution >= 0.6 is 0 Å². The van der Waals surface area contributed by atoms with E-state index in [9.17, 15) is 9.59 Å². The third kappa shape index (κ3) is 6.16. The molecule has 0 aliphatic carbocycles. The highest BCUT2D eigenvalue weighted by molar-refractivity contribution is 6.04. The third-order valence-electron chi connectivity index (χ3n) is 5.75. The van der Waals surface area contributed by atoms with E-state index in [2.05, 4.69) is 22.9 Å². The van der Waals surface area contributed by atoms with Gasteiger partial charge < -0.3 is 16.0 Å². The van der Waals surface area contributed by atoms with Crippen LogP contribution in [0.15, 0.2) is 54.6 Å². The van der Waals surface area contributed by atoms with Gasteiger partial charge in [-0.25, -0.2) is 0 Å². The van der Waals surface area contributed by atoms with Gasteiger partial charge >= 0.3 is 0 Å². The molecule has 2 unspecified atom stereocenters. The van der Waals surface area contributed by atoms with E-state index >= 15 is 0 Å². The predicted octanol–water partition coefficient (Wildman–Crippen LogP) is 4.14. The van der Waals surface area contributed by atoms with Gasteiger partial charge in [-0.15, -0.1) is 0 Å². The molecule has 1 heterocycles. The van der Waals surface area contributed by atoms with Crippen molar-refractivity contribution in [3.8, 4) is 0 Å². The molecule has 3 rings (SSSR count). The largest absolute Gasteiger partial charge is 0.350 e. The Morgan fingerprint density at radius 3 is 2.48 bits per heavy atom. The molecule has 1 saturated heterocycles. The van der Waals surface area contributed by atoms with E-state index in [-0.39, 0.29) is 17.9 Å². The Labute approximate surface area is 173 Å². The zero-order valence-corrected chi connectivity index (χ0v) is 17.3. The predicted molar refractivity (Wildman–Crippen MR) is 117 cm³/mol. The van der Waals surface area contributed by atoms with Crippen molar-refractivity contribution in [3.05, 3.63) is 65.7 Å². The molecule has 154 valence electrons. The van der Waals surface area contributed by atoms with E-state index < -0.39 is 0 Å². The second-order valence-electron chi connectivity index (χ2n) is 8.00. The summed E-state index contributed by atoms with van der Waals surface area (Å²) in [6, 6.07) is 16.7. The monoisotopic (exact) mass is 393 g/mol. The second-order valence-corrected chi connectivity index (χ2v) is 8.00. The molecule has 2 amide bonds. The lowest BCUT2D eigenvalue weighted by atomic mass is 9.84. The highest BCUT2D eigenvalue weighted by Crippen LogP contribution is 2.25. The van der Waals surface area contributed by atoms with Crippen molar-refractivity contribution < 1.29 is 9.59 Å². The van der Waals surface area contributed by atoms with Crippen molar-refractivity contribution in [1.82, 2.24) is 10.6 Å². The Kier molecular flexibility index (Phi) is 7.42. The van der Waals surface area contributed by atoms with Gasteiger partial charge in [0, 0.05) is 17.7 Å². The van der Waals surface area contributed by atoms with Crippen LogP contribution < -0.4 is 16.0 Å². The summed E-state index contributed by atoms with van der Waals surface area (Å²) in [5.74, 6) is 0.951. The lowest BCUT2D eigenvalue weighted by Gasteiger charge is -2.28. The molecule has 1 aliphatic rings. The number of carbonyl (C=O) groups excluding carboxylic acids is 2. The van der Waals surface area contributed by atoms with Crippen LogP contribution in [0.4, 0.5) is 5.69 Å². The SMILES string of the molecule is CC(NC(=O)CC(C)C1CCNCC1)c1cccc(NC(=O)c2ccccc2)c1. The first-order chi connectivity index (χ1) is 14.0. The molecule has 5 heteroatoms. The van der Waals surface area contributed by atoms with Gasteiger partial charge in [0.15, 0.2) is 0 Å². The van der Waals surface area contributed by atoms with Gasteiger partial charge in [-0.3, -0.25) is 9.59 Å². The first-order valence-electron chi connectivity index (χ1n) is 10.5. The minimum atomic E-state index is -0.143. The molecule has 0 aromatic heterocycles.